The van der Waals surface area contributed by atoms with Crippen LogP contribution in [0.15, 0.2) is 48.7 Å². The van der Waals surface area contributed by atoms with Crippen LogP contribution < -0.4 is 0 Å². The van der Waals surface area contributed by atoms with Crippen LogP contribution in [-0.2, 0) is 0 Å². The van der Waals surface area contributed by atoms with Crippen molar-refractivity contribution < 1.29 is 4.39 Å². The van der Waals surface area contributed by atoms with Gasteiger partial charge in [0.25, 0.3) is 0 Å². The number of imidazole rings is 1. The predicted molar refractivity (Wildman–Crippen MR) is 65.3 cm³/mol. The highest BCUT2D eigenvalue weighted by Crippen LogP contribution is 2.21. The van der Waals surface area contributed by atoms with Crippen molar-refractivity contribution in [3.05, 3.63) is 60.2 Å². The Kier molecular flexibility index (Phi) is 2.18. The zero-order valence-corrected chi connectivity index (χ0v) is 9.39. The van der Waals surface area contributed by atoms with Gasteiger partial charge in [-0.15, -0.1) is 0 Å². The van der Waals surface area contributed by atoms with Crippen molar-refractivity contribution in [3.8, 4) is 11.4 Å². The Balaban J connectivity index is 2.31. The van der Waals surface area contributed by atoms with Gasteiger partial charge in [-0.3, -0.25) is 4.40 Å². The Bertz CT molecular complexity index is 686. The van der Waals surface area contributed by atoms with Gasteiger partial charge in [-0.25, -0.2) is 9.37 Å². The van der Waals surface area contributed by atoms with Gasteiger partial charge >= 0.3 is 0 Å². The third-order valence-electron chi connectivity index (χ3n) is 2.83. The molecule has 0 amide bonds. The van der Waals surface area contributed by atoms with Crippen LogP contribution in [0, 0.1) is 12.7 Å². The highest BCUT2D eigenvalue weighted by Gasteiger charge is 2.08. The number of benzene rings is 1. The smallest absolute Gasteiger partial charge is 0.144 e. The summed E-state index contributed by atoms with van der Waals surface area (Å²) in [7, 11) is 0. The molecule has 3 aromatic rings. The molecule has 0 fully saturated rings. The molecule has 0 aliphatic rings. The molecule has 0 radical (unpaired) electrons. The Morgan fingerprint density at radius 1 is 1.12 bits per heavy atom. The largest absolute Gasteiger partial charge is 0.297 e. The van der Waals surface area contributed by atoms with Crippen LogP contribution in [0.1, 0.15) is 5.69 Å². The predicted octanol–water partition coefficient (Wildman–Crippen LogP) is 3.45. The molecule has 2 nitrogen and oxygen atoms in total. The lowest BCUT2D eigenvalue weighted by Gasteiger charge is -2.05. The van der Waals surface area contributed by atoms with E-state index in [1.54, 1.807) is 12.3 Å². The van der Waals surface area contributed by atoms with Crippen LogP contribution in [0.4, 0.5) is 4.39 Å². The number of halogens is 1. The fourth-order valence-corrected chi connectivity index (χ4v) is 2.04. The summed E-state index contributed by atoms with van der Waals surface area (Å²) in [5.41, 5.74) is 2.89. The van der Waals surface area contributed by atoms with Crippen molar-refractivity contribution >= 4 is 5.52 Å². The first-order valence-electron chi connectivity index (χ1n) is 5.45. The number of hydrogen-bond acceptors (Lipinski definition) is 1. The van der Waals surface area contributed by atoms with Gasteiger partial charge in [-0.2, -0.15) is 0 Å². The number of aryl methyl sites for hydroxylation is 1. The van der Waals surface area contributed by atoms with Crippen molar-refractivity contribution in [1.82, 2.24) is 9.38 Å². The van der Waals surface area contributed by atoms with Crippen molar-refractivity contribution in [2.24, 2.45) is 0 Å². The van der Waals surface area contributed by atoms with E-state index in [-0.39, 0.29) is 5.82 Å². The maximum Gasteiger partial charge on any atom is 0.144 e. The summed E-state index contributed by atoms with van der Waals surface area (Å²) >= 11 is 0. The molecule has 2 aromatic heterocycles. The van der Waals surface area contributed by atoms with E-state index in [2.05, 4.69) is 4.98 Å². The number of rotatable bonds is 1. The lowest BCUT2D eigenvalue weighted by Crippen LogP contribution is -1.94. The van der Waals surface area contributed by atoms with Crippen molar-refractivity contribution in [2.45, 2.75) is 6.92 Å². The van der Waals surface area contributed by atoms with Crippen LogP contribution in [0.3, 0.4) is 0 Å². The third kappa shape index (κ3) is 1.60. The lowest BCUT2D eigenvalue weighted by molar-refractivity contribution is 0.628. The highest BCUT2D eigenvalue weighted by molar-refractivity contribution is 5.63. The summed E-state index contributed by atoms with van der Waals surface area (Å²) in [4.78, 5) is 4.36. The third-order valence-corrected chi connectivity index (χ3v) is 2.83. The molecule has 0 bridgehead atoms. The summed E-state index contributed by atoms with van der Waals surface area (Å²) in [5.74, 6) is 0.533. The van der Waals surface area contributed by atoms with E-state index in [1.165, 1.54) is 12.1 Å². The minimum atomic E-state index is -0.243. The van der Waals surface area contributed by atoms with E-state index in [0.29, 0.717) is 0 Å². The topological polar surface area (TPSA) is 17.3 Å². The summed E-state index contributed by atoms with van der Waals surface area (Å²) in [6.45, 7) is 2.01. The molecule has 0 aliphatic heterocycles. The van der Waals surface area contributed by atoms with Crippen LogP contribution in [0.25, 0.3) is 16.9 Å². The minimum absolute atomic E-state index is 0.243. The van der Waals surface area contributed by atoms with Gasteiger partial charge in [0.1, 0.15) is 11.6 Å². The van der Waals surface area contributed by atoms with Gasteiger partial charge < -0.3 is 0 Å². The summed E-state index contributed by atoms with van der Waals surface area (Å²) in [5, 5.41) is 0. The second-order valence-electron chi connectivity index (χ2n) is 4.02. The van der Waals surface area contributed by atoms with Crippen LogP contribution in [0.5, 0.6) is 0 Å². The van der Waals surface area contributed by atoms with Gasteiger partial charge in [0, 0.05) is 11.3 Å². The van der Waals surface area contributed by atoms with Crippen LogP contribution >= 0.6 is 0 Å². The maximum atomic E-state index is 13.2. The van der Waals surface area contributed by atoms with Gasteiger partial charge in [0.2, 0.25) is 0 Å². The van der Waals surface area contributed by atoms with E-state index in [4.69, 9.17) is 0 Å². The number of fused-ring (bicyclic) bond motifs is 1. The molecule has 84 valence electrons. The Morgan fingerprint density at radius 2 is 1.94 bits per heavy atom. The Labute approximate surface area is 98.4 Å². The number of nitrogens with zero attached hydrogens (tertiary/aromatic N) is 2. The van der Waals surface area contributed by atoms with Crippen molar-refractivity contribution in [2.75, 3.05) is 0 Å². The highest BCUT2D eigenvalue weighted by atomic mass is 19.1. The molecular formula is C14H11FN2. The monoisotopic (exact) mass is 226 g/mol. The molecule has 17 heavy (non-hydrogen) atoms. The zero-order chi connectivity index (χ0) is 11.8. The number of aromatic nitrogens is 2. The van der Waals surface area contributed by atoms with Crippen LogP contribution in [0.2, 0.25) is 0 Å². The molecule has 0 aliphatic carbocycles. The molecule has 0 saturated heterocycles. The molecule has 0 unspecified atom stereocenters. The minimum Gasteiger partial charge on any atom is -0.297 e. The first kappa shape index (κ1) is 10.0. The second-order valence-corrected chi connectivity index (χ2v) is 4.02. The SMILES string of the molecule is Cc1cccc2cnc(-c3cccc(F)c3)n12. The van der Waals surface area contributed by atoms with E-state index < -0.39 is 0 Å². The van der Waals surface area contributed by atoms with E-state index in [0.717, 1.165) is 22.6 Å². The quantitative estimate of drug-likeness (QED) is 0.621. The van der Waals surface area contributed by atoms with E-state index >= 15 is 0 Å². The second kappa shape index (κ2) is 3.70. The molecule has 3 rings (SSSR count). The standard InChI is InChI=1S/C14H11FN2/c1-10-4-2-7-13-9-16-14(17(10)13)11-5-3-6-12(15)8-11/h2-9H,1H3. The molecule has 0 N–H and O–H groups in total. The average Bonchev–Trinajstić information content (AvgIpc) is 2.74. The molecule has 0 spiro atoms. The molecule has 3 heteroatoms. The zero-order valence-electron chi connectivity index (χ0n) is 9.39. The molecule has 1 aromatic carbocycles. The first-order valence-corrected chi connectivity index (χ1v) is 5.45. The van der Waals surface area contributed by atoms with Crippen molar-refractivity contribution in [1.29, 1.82) is 0 Å². The molecule has 0 saturated carbocycles. The molecule has 2 heterocycles. The summed E-state index contributed by atoms with van der Waals surface area (Å²) in [6, 6.07) is 12.5. The van der Waals surface area contributed by atoms with Crippen molar-refractivity contribution in [3.63, 3.8) is 0 Å². The number of hydrogen-bond donors (Lipinski definition) is 0. The van der Waals surface area contributed by atoms with Gasteiger partial charge in [-0.1, -0.05) is 18.2 Å². The first-order chi connectivity index (χ1) is 8.25. The summed E-state index contributed by atoms with van der Waals surface area (Å²) in [6.07, 6.45) is 1.80. The Hall–Kier alpha value is -2.16. The van der Waals surface area contributed by atoms with Gasteiger partial charge in [0.05, 0.1) is 11.7 Å². The molecule has 0 atom stereocenters. The summed E-state index contributed by atoms with van der Waals surface area (Å²) < 4.78 is 15.2. The van der Waals surface area contributed by atoms with E-state index in [1.807, 2.05) is 35.6 Å². The fourth-order valence-electron chi connectivity index (χ4n) is 2.04. The maximum absolute atomic E-state index is 13.2. The Morgan fingerprint density at radius 3 is 2.76 bits per heavy atom. The number of pyridine rings is 1. The van der Waals surface area contributed by atoms with E-state index in [9.17, 15) is 4.39 Å². The normalized spacial score (nSPS) is 10.9. The lowest BCUT2D eigenvalue weighted by atomic mass is 10.2. The fraction of sp³-hybridized carbons (Fsp3) is 0.0714. The van der Waals surface area contributed by atoms with Gasteiger partial charge in [-0.05, 0) is 31.2 Å². The van der Waals surface area contributed by atoms with Gasteiger partial charge in [0.15, 0.2) is 0 Å². The van der Waals surface area contributed by atoms with Crippen LogP contribution in [-0.4, -0.2) is 9.38 Å². The molecular weight excluding hydrogens is 215 g/mol. The average molecular weight is 226 g/mol.